The van der Waals surface area contributed by atoms with Gasteiger partial charge in [0.2, 0.25) is 0 Å². The summed E-state index contributed by atoms with van der Waals surface area (Å²) >= 11 is 2.11. The van der Waals surface area contributed by atoms with Gasteiger partial charge in [-0.05, 0) is 299 Å². The molecule has 0 fully saturated rings. The maximum absolute atomic E-state index is 2.86. The minimum absolute atomic E-state index is 0.000539. The Morgan fingerprint density at radius 3 is 1.00 bits per heavy atom. The van der Waals surface area contributed by atoms with E-state index in [2.05, 4.69) is 301 Å². The molecule has 1 aromatic heterocycles. The fraction of sp³-hybridized carbons (Fsp3) is 0.522. The van der Waals surface area contributed by atoms with Crippen LogP contribution in [0.25, 0.3) is 10.1 Å². The van der Waals surface area contributed by atoms with Gasteiger partial charge in [0.25, 0.3) is 6.71 Å². The number of benzene rings is 7. The highest BCUT2D eigenvalue weighted by Crippen LogP contribution is 2.60. The fourth-order valence-electron chi connectivity index (χ4n) is 20.6. The lowest BCUT2D eigenvalue weighted by Crippen LogP contribution is -2.61. The highest BCUT2D eigenvalue weighted by molar-refractivity contribution is 7.33. The molecule has 3 heterocycles. The van der Waals surface area contributed by atoms with E-state index in [0.29, 0.717) is 0 Å². The van der Waals surface area contributed by atoms with E-state index >= 15 is 0 Å². The van der Waals surface area contributed by atoms with E-state index in [9.17, 15) is 0 Å². The zero-order chi connectivity index (χ0) is 69.2. The monoisotopic (exact) mass is 1300 g/mol. The Kier molecular flexibility index (Phi) is 13.8. The minimum atomic E-state index is -0.0360. The van der Waals surface area contributed by atoms with Crippen LogP contribution in [0.3, 0.4) is 0 Å². The van der Waals surface area contributed by atoms with Crippen molar-refractivity contribution in [3.8, 4) is 0 Å². The van der Waals surface area contributed by atoms with Gasteiger partial charge in [0.1, 0.15) is 0 Å². The van der Waals surface area contributed by atoms with E-state index in [4.69, 9.17) is 0 Å². The molecule has 16 rings (SSSR count). The standard InChI is InChI=1S/C92H114BN3S/c1-81(2)33-37-85(9,10)65-45-55(25-29-61(65)81)94(56-26-30-62-66(46-56)86(11,12)38-34-82(62,3)4)59-49-75-78-76(50-59)96(58-28-32-64-68(48-58)88(15,16)40-36-84(64,7)8)79-60-51-69-72(92(23,24)44-41-89(69,17)18)54-77(60)97-80(79)93(78)73-52-70-71(91(21,22)43-42-90(70,19)20)53-74(73)95(75)57-27-31-63-67(47-57)87(13,14)39-35-83(63,5)6/h25-32,45-54H,33-44H2,1-24H3. The quantitative estimate of drug-likeness (QED) is 0.159. The summed E-state index contributed by atoms with van der Waals surface area (Å²) in [5.41, 5.74) is 32.8. The summed E-state index contributed by atoms with van der Waals surface area (Å²) in [5, 5.41) is 1.40. The summed E-state index contributed by atoms with van der Waals surface area (Å²) in [5.74, 6) is 0. The average molecular weight is 1300 g/mol. The highest BCUT2D eigenvalue weighted by Gasteiger charge is 2.51. The third kappa shape index (κ3) is 9.69. The zero-order valence-corrected chi connectivity index (χ0v) is 65.0. The molecule has 0 amide bonds. The number of thiophene rings is 1. The minimum Gasteiger partial charge on any atom is -0.311 e. The van der Waals surface area contributed by atoms with E-state index in [0.717, 1.165) is 38.5 Å². The number of hydrogen-bond acceptors (Lipinski definition) is 4. The molecule has 0 bridgehead atoms. The second kappa shape index (κ2) is 20.4. The molecule has 0 atom stereocenters. The molecular weight excluding hydrogens is 1190 g/mol. The number of nitrogens with zero attached hydrogens (tertiary/aromatic N) is 3. The molecule has 0 radical (unpaired) electrons. The van der Waals surface area contributed by atoms with E-state index in [1.165, 1.54) is 182 Å². The van der Waals surface area contributed by atoms with Gasteiger partial charge in [0.05, 0.1) is 11.4 Å². The van der Waals surface area contributed by atoms with Crippen LogP contribution in [0.2, 0.25) is 0 Å². The summed E-state index contributed by atoms with van der Waals surface area (Å²) in [4.78, 5) is 8.43. The van der Waals surface area contributed by atoms with Gasteiger partial charge < -0.3 is 14.7 Å². The number of hydrogen-bond donors (Lipinski definition) is 0. The van der Waals surface area contributed by atoms with Gasteiger partial charge >= 0.3 is 0 Å². The van der Waals surface area contributed by atoms with Crippen LogP contribution in [-0.4, -0.2) is 6.71 Å². The predicted octanol–water partition coefficient (Wildman–Crippen LogP) is 24.5. The van der Waals surface area contributed by atoms with Crippen molar-refractivity contribution in [1.82, 2.24) is 0 Å². The smallest absolute Gasteiger partial charge is 0.264 e. The van der Waals surface area contributed by atoms with Crippen molar-refractivity contribution >= 4 is 95.0 Å². The first kappa shape index (κ1) is 65.6. The van der Waals surface area contributed by atoms with Gasteiger partial charge in [-0.25, -0.2) is 0 Å². The van der Waals surface area contributed by atoms with Crippen molar-refractivity contribution in [2.75, 3.05) is 14.7 Å². The largest absolute Gasteiger partial charge is 0.311 e. The lowest BCUT2D eigenvalue weighted by Gasteiger charge is -2.48. The molecule has 8 aromatic rings. The number of fused-ring (bicyclic) bond motifs is 12. The molecule has 8 aliphatic rings. The second-order valence-electron chi connectivity index (χ2n) is 40.5. The van der Waals surface area contributed by atoms with Gasteiger partial charge in [0, 0.05) is 54.7 Å². The molecule has 0 spiro atoms. The van der Waals surface area contributed by atoms with Crippen LogP contribution in [0, 0.1) is 0 Å². The van der Waals surface area contributed by atoms with E-state index in [1.807, 2.05) is 0 Å². The topological polar surface area (TPSA) is 9.72 Å². The van der Waals surface area contributed by atoms with Crippen LogP contribution in [-0.2, 0) is 65.0 Å². The Morgan fingerprint density at radius 2 is 0.598 bits per heavy atom. The molecule has 0 unspecified atom stereocenters. The first-order valence-corrected chi connectivity index (χ1v) is 38.8. The molecular formula is C92H114BN3S. The first-order chi connectivity index (χ1) is 45.0. The van der Waals surface area contributed by atoms with Crippen molar-refractivity contribution in [3.05, 3.63) is 176 Å². The molecule has 2 aliphatic heterocycles. The van der Waals surface area contributed by atoms with E-state index in [1.54, 1.807) is 0 Å². The molecule has 0 saturated carbocycles. The number of anilines is 9. The Balaban J connectivity index is 1.09. The molecule has 0 N–H and O–H groups in total. The van der Waals surface area contributed by atoms with Crippen LogP contribution >= 0.6 is 11.3 Å². The maximum atomic E-state index is 2.86. The van der Waals surface area contributed by atoms with Crippen molar-refractivity contribution in [2.45, 2.75) is 308 Å². The summed E-state index contributed by atoms with van der Waals surface area (Å²) in [6.45, 7) is 60.4. The van der Waals surface area contributed by atoms with Crippen molar-refractivity contribution in [1.29, 1.82) is 0 Å². The Morgan fingerprint density at radius 1 is 0.289 bits per heavy atom. The summed E-state index contributed by atoms with van der Waals surface area (Å²) in [7, 11) is 0. The Hall–Kier alpha value is -6.04. The lowest BCUT2D eigenvalue weighted by molar-refractivity contribution is 0.332. The molecule has 5 heteroatoms. The van der Waals surface area contributed by atoms with Crippen LogP contribution in [0.15, 0.2) is 109 Å². The van der Waals surface area contributed by atoms with Gasteiger partial charge in [-0.2, -0.15) is 0 Å². The Bertz CT molecular complexity index is 4610. The normalized spacial score (nSPS) is 23.3. The molecule has 7 aromatic carbocycles. The van der Waals surface area contributed by atoms with E-state index in [-0.39, 0.29) is 71.7 Å². The zero-order valence-electron chi connectivity index (χ0n) is 64.2. The van der Waals surface area contributed by atoms with Gasteiger partial charge in [-0.3, -0.25) is 0 Å². The summed E-state index contributed by atoms with van der Waals surface area (Å²) < 4.78 is 2.89. The van der Waals surface area contributed by atoms with Crippen molar-refractivity contribution in [2.24, 2.45) is 0 Å². The van der Waals surface area contributed by atoms with Crippen LogP contribution in [0.4, 0.5) is 51.2 Å². The molecule has 0 saturated heterocycles. The first-order valence-electron chi connectivity index (χ1n) is 37.9. The van der Waals surface area contributed by atoms with Gasteiger partial charge in [-0.15, -0.1) is 11.3 Å². The predicted molar refractivity (Wildman–Crippen MR) is 422 cm³/mol. The fourth-order valence-corrected chi connectivity index (χ4v) is 21.9. The highest BCUT2D eigenvalue weighted by atomic mass is 32.1. The second-order valence-corrected chi connectivity index (χ2v) is 41.6. The van der Waals surface area contributed by atoms with Crippen LogP contribution in [0.5, 0.6) is 0 Å². The lowest BCUT2D eigenvalue weighted by atomic mass is 9.35. The van der Waals surface area contributed by atoms with Crippen molar-refractivity contribution in [3.63, 3.8) is 0 Å². The third-order valence-corrected chi connectivity index (χ3v) is 29.4. The molecule has 97 heavy (non-hydrogen) atoms. The molecule has 3 nitrogen and oxygen atoms in total. The van der Waals surface area contributed by atoms with Crippen LogP contribution in [0.1, 0.15) is 310 Å². The average Bonchev–Trinajstić information content (AvgIpc) is 1.66. The summed E-state index contributed by atoms with van der Waals surface area (Å²) in [6, 6.07) is 47.4. The molecule has 506 valence electrons. The maximum Gasteiger partial charge on any atom is 0.264 e. The van der Waals surface area contributed by atoms with Gasteiger partial charge in [0.15, 0.2) is 0 Å². The molecule has 6 aliphatic carbocycles. The van der Waals surface area contributed by atoms with Crippen molar-refractivity contribution < 1.29 is 0 Å². The number of rotatable bonds is 5. The van der Waals surface area contributed by atoms with Gasteiger partial charge in [-0.1, -0.05) is 197 Å². The third-order valence-electron chi connectivity index (χ3n) is 28.2. The van der Waals surface area contributed by atoms with E-state index < -0.39 is 0 Å². The van der Waals surface area contributed by atoms with Crippen LogP contribution < -0.4 is 30.4 Å². The summed E-state index contributed by atoms with van der Waals surface area (Å²) in [6.07, 6.45) is 14.0. The SMILES string of the molecule is CC1(C)CCC(C)(C)c2cc(N(c3cc4c5c(c3)N(c3ccc6c(c3)C(C)(C)CCC6(C)C)c3c(sc6cc7c(cc36)C(C)(C)CCC7(C)C)B5c3cc5c(cc3N4c3ccc4c(c3)C(C)(C)CCC4(C)C)C(C)(C)CCC5(C)C)c3ccc4c(c3)C(C)(C)CCC4(C)C)ccc21. The Labute approximate surface area is 590 Å².